The second kappa shape index (κ2) is 14.4. The zero-order valence-corrected chi connectivity index (χ0v) is 36.8. The standard InChI is InChI=1S/C60H52N2O/c1-37-22-28-42(29-23-37)61(55-36-53-50(34-39(55)3)46-16-8-11-19-52(46)60(53,4)5)43-30-26-41(27-31-43)49-35-51-47-17-10-13-21-56(47)63-59(51)58-57(49)48-18-9-12-20-54(48)62(58)44-32-24-40(25-33-44)45-15-7-6-14-38(45)2/h6-13,15-22,24-39,55H,14,23H2,1-5H3. The van der Waals surface area contributed by atoms with Crippen molar-refractivity contribution in [1.29, 1.82) is 0 Å². The number of para-hydroxylation sites is 2. The third kappa shape index (κ3) is 5.86. The number of benzene rings is 6. The zero-order valence-electron chi connectivity index (χ0n) is 36.8. The average Bonchev–Trinajstić information content (AvgIpc) is 3.93. The predicted octanol–water partition coefficient (Wildman–Crippen LogP) is 15.9. The fraction of sp³-hybridized carbons (Fsp3) is 0.200. The molecule has 308 valence electrons. The quantitative estimate of drug-likeness (QED) is 0.167. The molecule has 4 aliphatic rings. The molecule has 0 bridgehead atoms. The summed E-state index contributed by atoms with van der Waals surface area (Å²) >= 11 is 0. The van der Waals surface area contributed by atoms with Gasteiger partial charge in [-0.15, -0.1) is 0 Å². The van der Waals surface area contributed by atoms with Crippen molar-refractivity contribution < 1.29 is 4.42 Å². The van der Waals surface area contributed by atoms with Gasteiger partial charge in [-0.1, -0.05) is 162 Å². The maximum atomic E-state index is 6.88. The topological polar surface area (TPSA) is 21.3 Å². The Labute approximate surface area is 370 Å². The lowest BCUT2D eigenvalue weighted by Gasteiger charge is -2.40. The highest BCUT2D eigenvalue weighted by molar-refractivity contribution is 6.26. The van der Waals surface area contributed by atoms with Crippen molar-refractivity contribution >= 4 is 60.6 Å². The van der Waals surface area contributed by atoms with Crippen LogP contribution in [0.2, 0.25) is 0 Å². The minimum absolute atomic E-state index is 0.0622. The summed E-state index contributed by atoms with van der Waals surface area (Å²) < 4.78 is 9.32. The van der Waals surface area contributed by atoms with Gasteiger partial charge >= 0.3 is 0 Å². The zero-order chi connectivity index (χ0) is 42.6. The molecule has 0 aliphatic heterocycles. The van der Waals surface area contributed by atoms with Crippen LogP contribution >= 0.6 is 0 Å². The van der Waals surface area contributed by atoms with Crippen molar-refractivity contribution in [3.05, 3.63) is 204 Å². The summed E-state index contributed by atoms with van der Waals surface area (Å²) in [6.07, 6.45) is 21.2. The molecule has 2 heterocycles. The molecule has 0 saturated carbocycles. The Kier molecular flexibility index (Phi) is 8.63. The molecule has 0 N–H and O–H groups in total. The van der Waals surface area contributed by atoms with Crippen LogP contribution in [0.4, 0.5) is 5.69 Å². The van der Waals surface area contributed by atoms with E-state index in [1.165, 1.54) is 72.2 Å². The van der Waals surface area contributed by atoms with Crippen molar-refractivity contribution in [2.75, 3.05) is 4.90 Å². The van der Waals surface area contributed by atoms with Crippen LogP contribution in [-0.2, 0) is 5.41 Å². The van der Waals surface area contributed by atoms with Gasteiger partial charge in [-0.2, -0.15) is 0 Å². The van der Waals surface area contributed by atoms with Crippen molar-refractivity contribution in [2.24, 2.45) is 17.8 Å². The van der Waals surface area contributed by atoms with Crippen molar-refractivity contribution in [3.63, 3.8) is 0 Å². The smallest absolute Gasteiger partial charge is 0.160 e. The number of rotatable bonds is 6. The highest BCUT2D eigenvalue weighted by Gasteiger charge is 2.42. The number of hydrogen-bond donors (Lipinski definition) is 0. The van der Waals surface area contributed by atoms with Crippen LogP contribution in [0.25, 0.3) is 71.7 Å². The molecule has 3 nitrogen and oxygen atoms in total. The molecule has 0 spiro atoms. The van der Waals surface area contributed by atoms with Crippen LogP contribution in [0.1, 0.15) is 64.2 Å². The number of furan rings is 1. The Hall–Kier alpha value is -6.84. The average molecular weight is 817 g/mol. The number of allylic oxidation sites excluding steroid dienone is 9. The molecule has 4 aliphatic carbocycles. The third-order valence-electron chi connectivity index (χ3n) is 14.7. The van der Waals surface area contributed by atoms with Gasteiger partial charge in [0.25, 0.3) is 0 Å². The molecule has 0 fully saturated rings. The van der Waals surface area contributed by atoms with Crippen LogP contribution in [0.15, 0.2) is 192 Å². The first-order valence-corrected chi connectivity index (χ1v) is 22.9. The molecular formula is C60H52N2O. The number of nitrogens with zero attached hydrogens (tertiary/aromatic N) is 2. The SMILES string of the molecule is CC1C=CC(N(c2ccc(-c3cc4c5ccccc5oc4c4c3c3ccccc3n4-c3ccc(C4=CC=CCC4C)cc3)cc2)C2C=C3C(=CC2C)c2ccccc2C3(C)C)=CC1. The van der Waals surface area contributed by atoms with Crippen molar-refractivity contribution in [2.45, 2.75) is 58.9 Å². The van der Waals surface area contributed by atoms with Crippen LogP contribution < -0.4 is 4.90 Å². The van der Waals surface area contributed by atoms with E-state index in [0.717, 1.165) is 46.0 Å². The van der Waals surface area contributed by atoms with Gasteiger partial charge in [-0.25, -0.2) is 0 Å². The monoisotopic (exact) mass is 816 g/mol. The molecule has 63 heavy (non-hydrogen) atoms. The van der Waals surface area contributed by atoms with Gasteiger partial charge in [0.15, 0.2) is 5.58 Å². The second-order valence-electron chi connectivity index (χ2n) is 19.0. The summed E-state index contributed by atoms with van der Waals surface area (Å²) in [6, 6.07) is 47.5. The molecule has 4 atom stereocenters. The van der Waals surface area contributed by atoms with E-state index in [-0.39, 0.29) is 11.5 Å². The Bertz CT molecular complexity index is 3360. The maximum absolute atomic E-state index is 6.88. The minimum atomic E-state index is -0.0622. The molecule has 0 saturated heterocycles. The largest absolute Gasteiger partial charge is 0.454 e. The summed E-state index contributed by atoms with van der Waals surface area (Å²) in [4.78, 5) is 2.61. The Morgan fingerprint density at radius 1 is 0.714 bits per heavy atom. The third-order valence-corrected chi connectivity index (χ3v) is 14.7. The lowest BCUT2D eigenvalue weighted by molar-refractivity contribution is 0.573. The number of hydrogen-bond acceptors (Lipinski definition) is 2. The Balaban J connectivity index is 1.03. The first kappa shape index (κ1) is 37.9. The number of fused-ring (bicyclic) bond motifs is 10. The van der Waals surface area contributed by atoms with E-state index in [9.17, 15) is 0 Å². The van der Waals surface area contributed by atoms with Crippen LogP contribution in [0.3, 0.4) is 0 Å². The molecular weight excluding hydrogens is 765 g/mol. The lowest BCUT2D eigenvalue weighted by Crippen LogP contribution is -2.39. The van der Waals surface area contributed by atoms with Gasteiger partial charge in [0.2, 0.25) is 0 Å². The lowest BCUT2D eigenvalue weighted by atomic mass is 9.77. The first-order chi connectivity index (χ1) is 30.7. The fourth-order valence-electron chi connectivity index (χ4n) is 11.3. The van der Waals surface area contributed by atoms with E-state index in [4.69, 9.17) is 4.42 Å². The highest BCUT2D eigenvalue weighted by Crippen LogP contribution is 2.53. The highest BCUT2D eigenvalue weighted by atomic mass is 16.3. The molecule has 6 aromatic carbocycles. The van der Waals surface area contributed by atoms with Gasteiger partial charge in [0.1, 0.15) is 5.58 Å². The fourth-order valence-corrected chi connectivity index (χ4v) is 11.3. The minimum Gasteiger partial charge on any atom is -0.454 e. The van der Waals surface area contributed by atoms with Gasteiger partial charge in [0, 0.05) is 44.0 Å². The maximum Gasteiger partial charge on any atom is 0.160 e. The van der Waals surface area contributed by atoms with Crippen molar-refractivity contribution in [1.82, 2.24) is 4.57 Å². The summed E-state index contributed by atoms with van der Waals surface area (Å²) in [7, 11) is 0. The van der Waals surface area contributed by atoms with E-state index < -0.39 is 0 Å². The van der Waals surface area contributed by atoms with E-state index in [0.29, 0.717) is 17.8 Å². The van der Waals surface area contributed by atoms with E-state index in [1.807, 2.05) is 0 Å². The summed E-state index contributed by atoms with van der Waals surface area (Å²) in [5.74, 6) is 1.33. The van der Waals surface area contributed by atoms with E-state index >= 15 is 0 Å². The Morgan fingerprint density at radius 2 is 1.46 bits per heavy atom. The van der Waals surface area contributed by atoms with Crippen molar-refractivity contribution in [3.8, 4) is 16.8 Å². The van der Waals surface area contributed by atoms with Crippen LogP contribution in [0.5, 0.6) is 0 Å². The molecule has 3 heteroatoms. The summed E-state index contributed by atoms with van der Waals surface area (Å²) in [5, 5.41) is 4.68. The summed E-state index contributed by atoms with van der Waals surface area (Å²) in [5.41, 5.74) is 18.3. The first-order valence-electron chi connectivity index (χ1n) is 22.9. The predicted molar refractivity (Wildman–Crippen MR) is 266 cm³/mol. The van der Waals surface area contributed by atoms with Crippen LogP contribution in [0, 0.1) is 17.8 Å². The molecule has 0 radical (unpaired) electrons. The van der Waals surface area contributed by atoms with Crippen LogP contribution in [-0.4, -0.2) is 10.6 Å². The van der Waals surface area contributed by atoms with E-state index in [2.05, 4.69) is 220 Å². The van der Waals surface area contributed by atoms with Gasteiger partial charge in [0.05, 0.1) is 17.1 Å². The van der Waals surface area contributed by atoms with E-state index in [1.54, 1.807) is 0 Å². The molecule has 12 rings (SSSR count). The summed E-state index contributed by atoms with van der Waals surface area (Å²) in [6.45, 7) is 11.8. The number of aromatic nitrogens is 1. The van der Waals surface area contributed by atoms with Gasteiger partial charge in [-0.05, 0) is 124 Å². The molecule has 4 unspecified atom stereocenters. The number of anilines is 1. The molecule has 2 aromatic heterocycles. The Morgan fingerprint density at radius 3 is 2.25 bits per heavy atom. The molecule has 0 amide bonds. The van der Waals surface area contributed by atoms with Gasteiger partial charge < -0.3 is 13.9 Å². The normalized spacial score (nSPS) is 21.3. The molecule has 8 aromatic rings. The second-order valence-corrected chi connectivity index (χ2v) is 19.0. The van der Waals surface area contributed by atoms with Gasteiger partial charge in [-0.3, -0.25) is 0 Å².